The molecule has 0 saturated carbocycles. The molecule has 0 spiro atoms. The van der Waals surface area contributed by atoms with E-state index < -0.39 is 22.5 Å². The van der Waals surface area contributed by atoms with Crippen LogP contribution >= 0.6 is 0 Å². The van der Waals surface area contributed by atoms with Gasteiger partial charge in [0.2, 0.25) is 0 Å². The molecule has 92 valence electrons. The van der Waals surface area contributed by atoms with E-state index in [1.54, 1.807) is 0 Å². The number of carboxylic acid groups (broad SMARTS) is 1. The van der Waals surface area contributed by atoms with E-state index in [4.69, 9.17) is 5.11 Å². The highest BCUT2D eigenvalue weighted by Crippen LogP contribution is 2.31. The van der Waals surface area contributed by atoms with E-state index in [0.717, 1.165) is 6.07 Å². The van der Waals surface area contributed by atoms with Gasteiger partial charge in [-0.15, -0.1) is 0 Å². The number of nitro groups is 1. The number of nitrogens with zero attached hydrogens (tertiary/aromatic N) is 2. The molecule has 0 radical (unpaired) electrons. The Morgan fingerprint density at radius 1 is 1.53 bits per heavy atom. The van der Waals surface area contributed by atoms with Gasteiger partial charge in [0.15, 0.2) is 5.82 Å². The maximum atomic E-state index is 13.5. The number of hydrogen-bond donors (Lipinski definition) is 2. The number of hydrogen-bond acceptors (Lipinski definition) is 4. The molecule has 8 heteroatoms. The zero-order valence-corrected chi connectivity index (χ0v) is 9.10. The van der Waals surface area contributed by atoms with Gasteiger partial charge in [0.05, 0.1) is 16.7 Å². The standard InChI is InChI=1S/C9H10FN3O4/c1-12(2)7-4-6(11-9(14)15)8(13(16)17)3-5(7)10/h3-4,11H,1-2H3,(H,14,15). The predicted molar refractivity (Wildman–Crippen MR) is 59.0 cm³/mol. The van der Waals surface area contributed by atoms with Crippen LogP contribution in [0.25, 0.3) is 0 Å². The van der Waals surface area contributed by atoms with Crippen LogP contribution in [0, 0.1) is 15.9 Å². The number of amides is 1. The molecule has 7 nitrogen and oxygen atoms in total. The molecule has 0 unspecified atom stereocenters. The number of rotatable bonds is 3. The molecule has 0 aliphatic carbocycles. The summed E-state index contributed by atoms with van der Waals surface area (Å²) >= 11 is 0. The van der Waals surface area contributed by atoms with Gasteiger partial charge in [-0.2, -0.15) is 0 Å². The van der Waals surface area contributed by atoms with Gasteiger partial charge in [0, 0.05) is 14.1 Å². The first-order valence-corrected chi connectivity index (χ1v) is 4.48. The van der Waals surface area contributed by atoms with Crippen molar-refractivity contribution in [1.82, 2.24) is 0 Å². The van der Waals surface area contributed by atoms with Crippen LogP contribution < -0.4 is 10.2 Å². The predicted octanol–water partition coefficient (Wildman–Crippen LogP) is 1.89. The van der Waals surface area contributed by atoms with Crippen LogP contribution in [0.5, 0.6) is 0 Å². The van der Waals surface area contributed by atoms with Crippen molar-refractivity contribution in [3.05, 3.63) is 28.1 Å². The Labute approximate surface area is 95.6 Å². The van der Waals surface area contributed by atoms with Crippen molar-refractivity contribution < 1.29 is 19.2 Å². The highest BCUT2D eigenvalue weighted by atomic mass is 19.1. The summed E-state index contributed by atoms with van der Waals surface area (Å²) in [5.41, 5.74) is -0.845. The largest absolute Gasteiger partial charge is 0.465 e. The topological polar surface area (TPSA) is 95.7 Å². The number of nitro benzene ring substituents is 1. The van der Waals surface area contributed by atoms with Gasteiger partial charge < -0.3 is 10.0 Å². The van der Waals surface area contributed by atoms with Gasteiger partial charge in [-0.05, 0) is 6.07 Å². The first kappa shape index (κ1) is 12.7. The Balaban J connectivity index is 3.36. The zero-order valence-electron chi connectivity index (χ0n) is 9.10. The maximum absolute atomic E-state index is 13.5. The van der Waals surface area contributed by atoms with Crippen molar-refractivity contribution in [2.45, 2.75) is 0 Å². The molecule has 0 atom stereocenters. The molecule has 0 fully saturated rings. The minimum Gasteiger partial charge on any atom is -0.465 e. The van der Waals surface area contributed by atoms with E-state index in [2.05, 4.69) is 0 Å². The molecule has 2 N–H and O–H groups in total. The Hall–Kier alpha value is -2.38. The fourth-order valence-electron chi connectivity index (χ4n) is 1.26. The van der Waals surface area contributed by atoms with E-state index in [-0.39, 0.29) is 11.4 Å². The second-order valence-electron chi connectivity index (χ2n) is 3.40. The Morgan fingerprint density at radius 3 is 2.53 bits per heavy atom. The van der Waals surface area contributed by atoms with Gasteiger partial charge in [0.1, 0.15) is 5.69 Å². The molecule has 17 heavy (non-hydrogen) atoms. The molecular weight excluding hydrogens is 233 g/mol. The maximum Gasteiger partial charge on any atom is 0.409 e. The molecule has 0 aliphatic rings. The first-order chi connectivity index (χ1) is 7.82. The van der Waals surface area contributed by atoms with Crippen LogP contribution in [0.3, 0.4) is 0 Å². The molecule has 0 bridgehead atoms. The highest BCUT2D eigenvalue weighted by molar-refractivity contribution is 5.87. The third-order valence-electron chi connectivity index (χ3n) is 1.99. The average molecular weight is 243 g/mol. The second kappa shape index (κ2) is 4.64. The lowest BCUT2D eigenvalue weighted by molar-refractivity contribution is -0.384. The van der Waals surface area contributed by atoms with Crippen LogP contribution in [-0.4, -0.2) is 30.2 Å². The lowest BCUT2D eigenvalue weighted by atomic mass is 10.2. The number of carbonyl (C=O) groups is 1. The molecule has 1 aromatic carbocycles. The number of nitrogens with one attached hydrogen (secondary N) is 1. The minimum atomic E-state index is -1.45. The summed E-state index contributed by atoms with van der Waals surface area (Å²) in [7, 11) is 3.07. The molecular formula is C9H10FN3O4. The lowest BCUT2D eigenvalue weighted by Gasteiger charge is -2.14. The van der Waals surface area contributed by atoms with Crippen molar-refractivity contribution in [1.29, 1.82) is 0 Å². The van der Waals surface area contributed by atoms with Gasteiger partial charge in [0.25, 0.3) is 5.69 Å². The van der Waals surface area contributed by atoms with Crippen LogP contribution in [0.15, 0.2) is 12.1 Å². The van der Waals surface area contributed by atoms with E-state index in [1.165, 1.54) is 19.0 Å². The fraction of sp³-hybridized carbons (Fsp3) is 0.222. The summed E-state index contributed by atoms with van der Waals surface area (Å²) in [6, 6.07) is 1.75. The van der Waals surface area contributed by atoms with Crippen LogP contribution in [0.2, 0.25) is 0 Å². The van der Waals surface area contributed by atoms with Gasteiger partial charge in [-0.1, -0.05) is 0 Å². The number of halogens is 1. The number of anilines is 2. The number of benzene rings is 1. The summed E-state index contributed by atoms with van der Waals surface area (Å²) in [4.78, 5) is 21.6. The molecule has 1 amide bonds. The van der Waals surface area contributed by atoms with Crippen molar-refractivity contribution >= 4 is 23.2 Å². The summed E-state index contributed by atoms with van der Waals surface area (Å²) in [5.74, 6) is -0.794. The van der Waals surface area contributed by atoms with Crippen molar-refractivity contribution in [2.75, 3.05) is 24.3 Å². The summed E-state index contributed by atoms with van der Waals surface area (Å²) < 4.78 is 13.5. The molecule has 0 heterocycles. The zero-order chi connectivity index (χ0) is 13.2. The molecule has 1 rings (SSSR count). The highest BCUT2D eigenvalue weighted by Gasteiger charge is 2.20. The van der Waals surface area contributed by atoms with Crippen molar-refractivity contribution in [3.63, 3.8) is 0 Å². The molecule has 0 saturated heterocycles. The third kappa shape index (κ3) is 2.80. The van der Waals surface area contributed by atoms with E-state index >= 15 is 0 Å². The van der Waals surface area contributed by atoms with Gasteiger partial charge in [-0.25, -0.2) is 9.18 Å². The fourth-order valence-corrected chi connectivity index (χ4v) is 1.26. The van der Waals surface area contributed by atoms with Crippen molar-refractivity contribution in [3.8, 4) is 0 Å². The van der Waals surface area contributed by atoms with Crippen LogP contribution in [-0.2, 0) is 0 Å². The second-order valence-corrected chi connectivity index (χ2v) is 3.40. The van der Waals surface area contributed by atoms with E-state index in [9.17, 15) is 19.3 Å². The van der Waals surface area contributed by atoms with Gasteiger partial charge in [-0.3, -0.25) is 15.4 Å². The summed E-state index contributed by atoms with van der Waals surface area (Å²) in [6.45, 7) is 0. The monoisotopic (exact) mass is 243 g/mol. The summed E-state index contributed by atoms with van der Waals surface area (Å²) in [6.07, 6.45) is -1.45. The first-order valence-electron chi connectivity index (χ1n) is 4.48. The van der Waals surface area contributed by atoms with Gasteiger partial charge >= 0.3 is 6.09 Å². The smallest absolute Gasteiger partial charge is 0.409 e. The lowest BCUT2D eigenvalue weighted by Crippen LogP contribution is -2.14. The van der Waals surface area contributed by atoms with E-state index in [1.807, 2.05) is 5.32 Å². The quantitative estimate of drug-likeness (QED) is 0.624. The average Bonchev–Trinajstić information content (AvgIpc) is 2.18. The molecule has 0 aliphatic heterocycles. The Kier molecular flexibility index (Phi) is 3.46. The molecule has 0 aromatic heterocycles. The molecule has 1 aromatic rings. The Morgan fingerprint density at radius 2 is 2.12 bits per heavy atom. The normalized spacial score (nSPS) is 9.82. The van der Waals surface area contributed by atoms with Crippen LogP contribution in [0.1, 0.15) is 0 Å². The van der Waals surface area contributed by atoms with Crippen molar-refractivity contribution in [2.24, 2.45) is 0 Å². The van der Waals surface area contributed by atoms with E-state index in [0.29, 0.717) is 6.07 Å². The summed E-state index contributed by atoms with van der Waals surface area (Å²) in [5, 5.41) is 21.0. The minimum absolute atomic E-state index is 0.0550. The third-order valence-corrected chi connectivity index (χ3v) is 1.99. The van der Waals surface area contributed by atoms with Crippen LogP contribution in [0.4, 0.5) is 26.2 Å². The SMILES string of the molecule is CN(C)c1cc(NC(=O)O)c([N+](=O)[O-])cc1F. The Bertz CT molecular complexity index is 476.